The summed E-state index contributed by atoms with van der Waals surface area (Å²) in [5.41, 5.74) is 0.555. The Morgan fingerprint density at radius 2 is 2.04 bits per heavy atom. The van der Waals surface area contributed by atoms with E-state index in [4.69, 9.17) is 4.74 Å². The highest BCUT2D eigenvalue weighted by molar-refractivity contribution is 7.89. The zero-order valence-electron chi connectivity index (χ0n) is 12.1. The van der Waals surface area contributed by atoms with E-state index in [2.05, 4.69) is 29.9 Å². The first-order valence-corrected chi connectivity index (χ1v) is 8.07. The number of aromatic amines is 3. The number of nitrogens with one attached hydrogen (secondary N) is 4. The van der Waals surface area contributed by atoms with Crippen molar-refractivity contribution in [2.45, 2.75) is 18.0 Å². The average molecular weight is 338 g/mol. The van der Waals surface area contributed by atoms with Gasteiger partial charge in [0.2, 0.25) is 10.0 Å². The number of ether oxygens (including phenoxy) is 1. The lowest BCUT2D eigenvalue weighted by Crippen LogP contribution is -2.23. The van der Waals surface area contributed by atoms with Gasteiger partial charge in [-0.1, -0.05) is 0 Å². The Kier molecular flexibility index (Phi) is 3.98. The fourth-order valence-corrected chi connectivity index (χ4v) is 3.04. The van der Waals surface area contributed by atoms with Crippen molar-refractivity contribution in [2.24, 2.45) is 0 Å². The number of hydrogen-bond donors (Lipinski definition) is 4. The molecule has 4 N–H and O–H groups in total. The van der Waals surface area contributed by atoms with Crippen LogP contribution in [0.1, 0.15) is 11.6 Å². The van der Waals surface area contributed by atoms with Crippen molar-refractivity contribution in [1.29, 1.82) is 0 Å². The summed E-state index contributed by atoms with van der Waals surface area (Å²) in [5, 5.41) is 6.53. The van der Waals surface area contributed by atoms with Crippen LogP contribution in [0.4, 0.5) is 0 Å². The molecule has 0 atom stereocenters. The molecule has 0 aliphatic heterocycles. The lowest BCUT2D eigenvalue weighted by atomic mass is 10.3. The van der Waals surface area contributed by atoms with Gasteiger partial charge in [-0.2, -0.15) is 5.10 Å². The van der Waals surface area contributed by atoms with Gasteiger partial charge in [0, 0.05) is 7.11 Å². The number of rotatable bonds is 6. The van der Waals surface area contributed by atoms with Gasteiger partial charge in [-0.05, 0) is 18.2 Å². The largest absolute Gasteiger partial charge is 0.377 e. The smallest absolute Gasteiger partial charge is 0.323 e. The van der Waals surface area contributed by atoms with E-state index in [1.165, 1.54) is 25.3 Å². The van der Waals surface area contributed by atoms with Crippen molar-refractivity contribution < 1.29 is 13.2 Å². The maximum absolute atomic E-state index is 12.3. The minimum absolute atomic E-state index is 0.0351. The standard InChI is InChI=1S/C12H14N6O4S/c1-22-6-11-16-10(17-18-11)5-13-23(20,21)7-2-3-8-9(4-7)15-12(19)14-8/h2-4,13H,5-6H2,1H3,(H2,14,15,19)(H,16,17,18). The third kappa shape index (κ3) is 3.31. The molecule has 2 aromatic heterocycles. The second-order valence-electron chi connectivity index (χ2n) is 4.74. The minimum Gasteiger partial charge on any atom is -0.377 e. The van der Waals surface area contributed by atoms with E-state index in [9.17, 15) is 13.2 Å². The highest BCUT2D eigenvalue weighted by atomic mass is 32.2. The molecule has 0 unspecified atom stereocenters. The summed E-state index contributed by atoms with van der Waals surface area (Å²) >= 11 is 0. The predicted molar refractivity (Wildman–Crippen MR) is 80.0 cm³/mol. The molecular weight excluding hydrogens is 324 g/mol. The molecule has 3 aromatic rings. The average Bonchev–Trinajstić information content (AvgIpc) is 3.10. The maximum Gasteiger partial charge on any atom is 0.323 e. The number of fused-ring (bicyclic) bond motifs is 1. The molecule has 0 amide bonds. The minimum atomic E-state index is -3.75. The van der Waals surface area contributed by atoms with E-state index in [1.54, 1.807) is 0 Å². The molecule has 0 bridgehead atoms. The summed E-state index contributed by atoms with van der Waals surface area (Å²) in [5.74, 6) is 0.810. The summed E-state index contributed by atoms with van der Waals surface area (Å²) in [6, 6.07) is 4.30. The van der Waals surface area contributed by atoms with Crippen molar-refractivity contribution in [1.82, 2.24) is 29.9 Å². The Hall–Kier alpha value is -2.50. The Bertz CT molecular complexity index is 986. The van der Waals surface area contributed by atoms with Gasteiger partial charge in [-0.3, -0.25) is 5.10 Å². The topological polar surface area (TPSA) is 146 Å². The first kappa shape index (κ1) is 15.4. The maximum atomic E-state index is 12.3. The fraction of sp³-hybridized carbons (Fsp3) is 0.250. The number of methoxy groups -OCH3 is 1. The molecule has 1 aromatic carbocycles. The Balaban J connectivity index is 1.77. The van der Waals surface area contributed by atoms with Crippen LogP contribution >= 0.6 is 0 Å². The summed E-state index contributed by atoms with van der Waals surface area (Å²) < 4.78 is 31.9. The molecule has 0 aliphatic rings. The van der Waals surface area contributed by atoms with E-state index < -0.39 is 15.7 Å². The van der Waals surface area contributed by atoms with E-state index in [0.717, 1.165) is 0 Å². The molecule has 3 rings (SSSR count). The highest BCUT2D eigenvalue weighted by Gasteiger charge is 2.16. The van der Waals surface area contributed by atoms with Crippen LogP contribution in [0.3, 0.4) is 0 Å². The second kappa shape index (κ2) is 5.95. The normalized spacial score (nSPS) is 12.0. The first-order chi connectivity index (χ1) is 11.0. The fourth-order valence-electron chi connectivity index (χ4n) is 2.04. The molecule has 0 radical (unpaired) electrons. The van der Waals surface area contributed by atoms with E-state index in [0.29, 0.717) is 22.7 Å². The second-order valence-corrected chi connectivity index (χ2v) is 6.51. The molecule has 11 heteroatoms. The number of sulfonamides is 1. The monoisotopic (exact) mass is 338 g/mol. The van der Waals surface area contributed by atoms with Crippen LogP contribution in [0, 0.1) is 0 Å². The summed E-state index contributed by atoms with van der Waals surface area (Å²) in [7, 11) is -2.23. The molecule has 23 heavy (non-hydrogen) atoms. The van der Waals surface area contributed by atoms with Gasteiger partial charge in [0.1, 0.15) is 6.61 Å². The van der Waals surface area contributed by atoms with Gasteiger partial charge in [0.25, 0.3) is 0 Å². The number of benzene rings is 1. The number of imidazole rings is 1. The van der Waals surface area contributed by atoms with Crippen LogP contribution in [0.25, 0.3) is 11.0 Å². The van der Waals surface area contributed by atoms with E-state index in [1.807, 2.05) is 0 Å². The van der Waals surface area contributed by atoms with Crippen LogP contribution in [-0.2, 0) is 27.9 Å². The molecule has 0 saturated heterocycles. The van der Waals surface area contributed by atoms with Crippen molar-refractivity contribution in [3.8, 4) is 0 Å². The lowest BCUT2D eigenvalue weighted by Gasteiger charge is -2.04. The third-order valence-corrected chi connectivity index (χ3v) is 4.48. The Labute approximate surface area is 130 Å². The Morgan fingerprint density at radius 3 is 2.83 bits per heavy atom. The van der Waals surface area contributed by atoms with Crippen LogP contribution in [0.5, 0.6) is 0 Å². The van der Waals surface area contributed by atoms with Gasteiger partial charge >= 0.3 is 5.69 Å². The van der Waals surface area contributed by atoms with Crippen LogP contribution in [-0.4, -0.2) is 40.7 Å². The van der Waals surface area contributed by atoms with Crippen LogP contribution < -0.4 is 10.4 Å². The highest BCUT2D eigenvalue weighted by Crippen LogP contribution is 2.15. The van der Waals surface area contributed by atoms with Crippen molar-refractivity contribution in [2.75, 3.05) is 7.11 Å². The van der Waals surface area contributed by atoms with Crippen molar-refractivity contribution in [3.05, 3.63) is 40.3 Å². The molecule has 122 valence electrons. The number of hydrogen-bond acceptors (Lipinski definition) is 6. The number of nitrogens with zero attached hydrogens (tertiary/aromatic N) is 2. The SMILES string of the molecule is COCc1nc(CNS(=O)(=O)c2ccc3[nH]c(=O)[nH]c3c2)n[nH]1. The predicted octanol–water partition coefficient (Wildman–Crippen LogP) is -0.401. The van der Waals surface area contributed by atoms with E-state index >= 15 is 0 Å². The lowest BCUT2D eigenvalue weighted by molar-refractivity contribution is 0.178. The van der Waals surface area contributed by atoms with Gasteiger partial charge in [0.05, 0.1) is 22.5 Å². The molecule has 0 fully saturated rings. The number of aromatic nitrogens is 5. The molecular formula is C12H14N6O4S. The molecule has 0 aliphatic carbocycles. The van der Waals surface area contributed by atoms with Gasteiger partial charge in [0.15, 0.2) is 11.6 Å². The summed E-state index contributed by atoms with van der Waals surface area (Å²) in [4.78, 5) is 20.4. The molecule has 0 saturated carbocycles. The first-order valence-electron chi connectivity index (χ1n) is 6.59. The quantitative estimate of drug-likeness (QED) is 0.481. The van der Waals surface area contributed by atoms with Crippen molar-refractivity contribution in [3.63, 3.8) is 0 Å². The Morgan fingerprint density at radius 1 is 1.26 bits per heavy atom. The molecule has 2 heterocycles. The van der Waals surface area contributed by atoms with E-state index in [-0.39, 0.29) is 18.0 Å². The van der Waals surface area contributed by atoms with Crippen LogP contribution in [0.15, 0.2) is 27.9 Å². The molecule has 10 nitrogen and oxygen atoms in total. The van der Waals surface area contributed by atoms with Crippen LogP contribution in [0.2, 0.25) is 0 Å². The zero-order valence-corrected chi connectivity index (χ0v) is 12.9. The third-order valence-electron chi connectivity index (χ3n) is 3.08. The van der Waals surface area contributed by atoms with Gasteiger partial charge in [-0.15, -0.1) is 0 Å². The van der Waals surface area contributed by atoms with Crippen molar-refractivity contribution >= 4 is 21.1 Å². The number of H-pyrrole nitrogens is 3. The van der Waals surface area contributed by atoms with Gasteiger partial charge < -0.3 is 14.7 Å². The zero-order chi connectivity index (χ0) is 16.4. The summed E-state index contributed by atoms with van der Waals surface area (Å²) in [6.45, 7) is 0.196. The molecule has 0 spiro atoms. The summed E-state index contributed by atoms with van der Waals surface area (Å²) in [6.07, 6.45) is 0. The van der Waals surface area contributed by atoms with Gasteiger partial charge in [-0.25, -0.2) is 22.9 Å².